The second-order valence-electron chi connectivity index (χ2n) is 2.58. The van der Waals surface area contributed by atoms with E-state index in [9.17, 15) is 4.79 Å². The van der Waals surface area contributed by atoms with Gasteiger partial charge in [0.25, 0.3) is 0 Å². The Balaban J connectivity index is 1.91. The average Bonchev–Trinajstić information content (AvgIpc) is 2.76. The fraction of sp³-hybridized carbons (Fsp3) is 0.143. The molecule has 7 heteroatoms. The molecule has 72 valence electrons. The molecule has 0 aromatic carbocycles. The summed E-state index contributed by atoms with van der Waals surface area (Å²) in [5.41, 5.74) is 0. The zero-order valence-corrected chi connectivity index (χ0v) is 7.21. The largest absolute Gasteiger partial charge is 0.331 e. The van der Waals surface area contributed by atoms with E-state index in [1.807, 2.05) is 0 Å². The fourth-order valence-corrected chi connectivity index (χ4v) is 0.967. The number of rotatable bonds is 3. The Kier molecular flexibility index (Phi) is 2.22. The van der Waals surface area contributed by atoms with Gasteiger partial charge in [-0.2, -0.15) is 5.10 Å². The summed E-state index contributed by atoms with van der Waals surface area (Å²) in [5, 5.41) is 6.37. The van der Waals surface area contributed by atoms with Crippen molar-refractivity contribution in [3.8, 4) is 0 Å². The smallest absolute Gasteiger partial charge is 0.248 e. The van der Waals surface area contributed by atoms with Crippen LogP contribution in [0.4, 0.5) is 5.95 Å². The maximum Gasteiger partial charge on any atom is 0.248 e. The van der Waals surface area contributed by atoms with Crippen molar-refractivity contribution in [2.24, 2.45) is 0 Å². The molecule has 2 rings (SSSR count). The standard InChI is InChI=1S/C7H8N6O/c14-6(3-13-5-8-4-11-13)12-7-9-1-2-10-7/h1-2,4-5H,3H2,(H2,9,10,12,14). The zero-order valence-electron chi connectivity index (χ0n) is 7.21. The summed E-state index contributed by atoms with van der Waals surface area (Å²) < 4.78 is 1.43. The number of imidazole rings is 1. The van der Waals surface area contributed by atoms with Crippen LogP contribution >= 0.6 is 0 Å². The molecule has 2 aromatic heterocycles. The van der Waals surface area contributed by atoms with Gasteiger partial charge in [-0.15, -0.1) is 0 Å². The normalized spacial score (nSPS) is 10.0. The topological polar surface area (TPSA) is 88.5 Å². The van der Waals surface area contributed by atoms with Crippen LogP contribution in [-0.4, -0.2) is 30.6 Å². The van der Waals surface area contributed by atoms with E-state index in [4.69, 9.17) is 0 Å². The second kappa shape index (κ2) is 3.69. The zero-order chi connectivity index (χ0) is 9.80. The Morgan fingerprint density at radius 2 is 2.57 bits per heavy atom. The summed E-state index contributed by atoms with van der Waals surface area (Å²) in [6, 6.07) is 0. The first-order chi connectivity index (χ1) is 6.84. The molecule has 0 radical (unpaired) electrons. The number of hydrogen-bond acceptors (Lipinski definition) is 4. The molecule has 1 amide bonds. The van der Waals surface area contributed by atoms with Crippen LogP contribution in [0.5, 0.6) is 0 Å². The van der Waals surface area contributed by atoms with Crippen molar-refractivity contribution in [2.75, 3.05) is 5.32 Å². The van der Waals surface area contributed by atoms with Crippen molar-refractivity contribution in [2.45, 2.75) is 6.54 Å². The molecule has 0 aliphatic rings. The quantitative estimate of drug-likeness (QED) is 0.695. The van der Waals surface area contributed by atoms with Gasteiger partial charge < -0.3 is 4.98 Å². The van der Waals surface area contributed by atoms with Gasteiger partial charge in [0.15, 0.2) is 0 Å². The lowest BCUT2D eigenvalue weighted by Gasteiger charge is -2.00. The highest BCUT2D eigenvalue weighted by Crippen LogP contribution is 1.94. The van der Waals surface area contributed by atoms with E-state index in [0.717, 1.165) is 0 Å². The highest BCUT2D eigenvalue weighted by molar-refractivity contribution is 5.88. The summed E-state index contributed by atoms with van der Waals surface area (Å²) in [4.78, 5) is 21.7. The Labute approximate surface area is 79.2 Å². The molecule has 0 unspecified atom stereocenters. The number of aromatic amines is 1. The molecule has 0 atom stereocenters. The summed E-state index contributed by atoms with van der Waals surface area (Å²) >= 11 is 0. The summed E-state index contributed by atoms with van der Waals surface area (Å²) in [5.74, 6) is 0.223. The first-order valence-corrected chi connectivity index (χ1v) is 3.96. The molecule has 0 spiro atoms. The molecule has 2 N–H and O–H groups in total. The Hall–Kier alpha value is -2.18. The number of anilines is 1. The van der Waals surface area contributed by atoms with E-state index >= 15 is 0 Å². The minimum Gasteiger partial charge on any atom is -0.331 e. The van der Waals surface area contributed by atoms with E-state index < -0.39 is 0 Å². The van der Waals surface area contributed by atoms with Crippen LogP contribution in [0.3, 0.4) is 0 Å². The first-order valence-electron chi connectivity index (χ1n) is 3.96. The number of nitrogens with zero attached hydrogens (tertiary/aromatic N) is 4. The van der Waals surface area contributed by atoms with Gasteiger partial charge in [0, 0.05) is 12.4 Å². The van der Waals surface area contributed by atoms with Crippen molar-refractivity contribution >= 4 is 11.9 Å². The van der Waals surface area contributed by atoms with Crippen molar-refractivity contribution < 1.29 is 4.79 Å². The molecule has 0 saturated carbocycles. The summed E-state index contributed by atoms with van der Waals surface area (Å²) in [7, 11) is 0. The third-order valence-corrected chi connectivity index (χ3v) is 1.53. The number of H-pyrrole nitrogens is 1. The van der Waals surface area contributed by atoms with Gasteiger partial charge in [0.1, 0.15) is 19.2 Å². The van der Waals surface area contributed by atoms with Gasteiger partial charge in [0.05, 0.1) is 0 Å². The molecule has 0 aliphatic heterocycles. The maximum atomic E-state index is 11.3. The van der Waals surface area contributed by atoms with Gasteiger partial charge in [0.2, 0.25) is 11.9 Å². The van der Waals surface area contributed by atoms with Gasteiger partial charge in [-0.3, -0.25) is 10.1 Å². The van der Waals surface area contributed by atoms with Crippen LogP contribution in [0.15, 0.2) is 25.0 Å². The number of carbonyl (C=O) groups excluding carboxylic acids is 1. The molecule has 0 aliphatic carbocycles. The second-order valence-corrected chi connectivity index (χ2v) is 2.58. The third kappa shape index (κ3) is 1.94. The molecule has 14 heavy (non-hydrogen) atoms. The lowest BCUT2D eigenvalue weighted by Crippen LogP contribution is -2.19. The molecule has 2 aromatic rings. The minimum absolute atomic E-state index is 0.126. The predicted octanol–water partition coefficient (Wildman–Crippen LogP) is -0.360. The average molecular weight is 192 g/mol. The molecule has 0 saturated heterocycles. The highest BCUT2D eigenvalue weighted by atomic mass is 16.2. The third-order valence-electron chi connectivity index (χ3n) is 1.53. The highest BCUT2D eigenvalue weighted by Gasteiger charge is 2.04. The van der Waals surface area contributed by atoms with Crippen LogP contribution in [0, 0.1) is 0 Å². The van der Waals surface area contributed by atoms with Gasteiger partial charge >= 0.3 is 0 Å². The summed E-state index contributed by atoms with van der Waals surface area (Å²) in [6.45, 7) is 0.126. The van der Waals surface area contributed by atoms with Gasteiger partial charge in [-0.25, -0.2) is 14.6 Å². The lowest BCUT2D eigenvalue weighted by atomic mass is 10.6. The van der Waals surface area contributed by atoms with Crippen molar-refractivity contribution in [3.63, 3.8) is 0 Å². The fourth-order valence-electron chi connectivity index (χ4n) is 0.967. The Bertz CT molecular complexity index is 354. The van der Waals surface area contributed by atoms with Gasteiger partial charge in [-0.1, -0.05) is 0 Å². The maximum absolute atomic E-state index is 11.3. The van der Waals surface area contributed by atoms with Crippen LogP contribution in [-0.2, 0) is 11.3 Å². The van der Waals surface area contributed by atoms with Crippen molar-refractivity contribution in [3.05, 3.63) is 25.0 Å². The van der Waals surface area contributed by atoms with E-state index in [-0.39, 0.29) is 12.5 Å². The first kappa shape index (κ1) is 8.42. The number of nitrogens with one attached hydrogen (secondary N) is 2. The molecule has 2 heterocycles. The minimum atomic E-state index is -0.203. The molecular weight excluding hydrogens is 184 g/mol. The van der Waals surface area contributed by atoms with Gasteiger partial charge in [-0.05, 0) is 0 Å². The summed E-state index contributed by atoms with van der Waals surface area (Å²) in [6.07, 6.45) is 6.04. The molecule has 0 bridgehead atoms. The number of aromatic nitrogens is 5. The van der Waals surface area contributed by atoms with Crippen molar-refractivity contribution in [1.29, 1.82) is 0 Å². The van der Waals surface area contributed by atoms with E-state index in [2.05, 4.69) is 25.4 Å². The Morgan fingerprint density at radius 1 is 1.64 bits per heavy atom. The number of amides is 1. The van der Waals surface area contributed by atoms with Crippen LogP contribution in [0.25, 0.3) is 0 Å². The van der Waals surface area contributed by atoms with Crippen LogP contribution in [0.1, 0.15) is 0 Å². The van der Waals surface area contributed by atoms with Crippen LogP contribution < -0.4 is 5.32 Å². The molecule has 7 nitrogen and oxygen atoms in total. The van der Waals surface area contributed by atoms with Crippen molar-refractivity contribution in [1.82, 2.24) is 24.7 Å². The number of hydrogen-bond donors (Lipinski definition) is 2. The number of carbonyl (C=O) groups is 1. The predicted molar refractivity (Wildman–Crippen MR) is 47.2 cm³/mol. The monoisotopic (exact) mass is 192 g/mol. The van der Waals surface area contributed by atoms with E-state index in [0.29, 0.717) is 5.95 Å². The Morgan fingerprint density at radius 3 is 3.21 bits per heavy atom. The molecule has 0 fully saturated rings. The van der Waals surface area contributed by atoms with E-state index in [1.54, 1.807) is 12.4 Å². The lowest BCUT2D eigenvalue weighted by molar-refractivity contribution is -0.116. The SMILES string of the molecule is O=C(Cn1cncn1)Nc1ncc[nH]1. The van der Waals surface area contributed by atoms with E-state index in [1.165, 1.54) is 17.3 Å². The molecular formula is C7H8N6O. The van der Waals surface area contributed by atoms with Crippen LogP contribution in [0.2, 0.25) is 0 Å².